The molecule has 0 aromatic heterocycles. The van der Waals surface area contributed by atoms with Gasteiger partial charge >= 0.3 is 12.1 Å². The zero-order valence-electron chi connectivity index (χ0n) is 28.3. The van der Waals surface area contributed by atoms with Crippen LogP contribution in [-0.2, 0) is 19.9 Å². The molecule has 1 aromatic rings. The minimum absolute atomic E-state index is 0.00748. The molecule has 4 aliphatic rings. The van der Waals surface area contributed by atoms with E-state index in [1.165, 1.54) is 18.2 Å². The largest absolute Gasteiger partial charge is 0.457 e. The van der Waals surface area contributed by atoms with E-state index in [1.807, 2.05) is 13.8 Å². The highest BCUT2D eigenvalue weighted by Crippen LogP contribution is 2.69. The summed E-state index contributed by atoms with van der Waals surface area (Å²) < 4.78 is 53.0. The minimum atomic E-state index is -5.13. The second-order valence-corrected chi connectivity index (χ2v) is 15.7. The molecule has 6 N–H and O–H groups in total. The molecule has 0 aliphatic heterocycles. The van der Waals surface area contributed by atoms with Crippen LogP contribution in [0, 0.1) is 40.4 Å². The predicted molar refractivity (Wildman–Crippen MR) is 168 cm³/mol. The molecule has 0 saturated heterocycles. The fourth-order valence-electron chi connectivity index (χ4n) is 11.2. The van der Waals surface area contributed by atoms with E-state index < -0.39 is 88.7 Å². The molecular formula is C36H53F3O9. The highest BCUT2D eigenvalue weighted by Gasteiger charge is 2.72. The fraction of sp³-hybridized carbons (Fsp3) is 0.806. The summed E-state index contributed by atoms with van der Waals surface area (Å²) in [5, 5.41) is 66.6. The smallest absolute Gasteiger partial charge is 0.432 e. The Hall–Kier alpha value is -1.80. The number of ether oxygens (including phenoxy) is 2. The maximum Gasteiger partial charge on any atom is 0.432 e. The first-order valence-electron chi connectivity index (χ1n) is 17.4. The van der Waals surface area contributed by atoms with Crippen LogP contribution in [0.1, 0.15) is 84.1 Å². The molecule has 5 rings (SSSR count). The number of hydrogen-bond acceptors (Lipinski definition) is 9. The number of fused-ring (bicyclic) bond motifs is 5. The number of alkyl halides is 3. The highest BCUT2D eigenvalue weighted by molar-refractivity contribution is 5.82. The van der Waals surface area contributed by atoms with Gasteiger partial charge in [0, 0.05) is 30.9 Å². The third kappa shape index (κ3) is 5.81. The number of aliphatic hydroxyl groups excluding tert-OH is 5. The van der Waals surface area contributed by atoms with E-state index in [9.17, 15) is 48.6 Å². The quantitative estimate of drug-likeness (QED) is 0.201. The summed E-state index contributed by atoms with van der Waals surface area (Å²) in [6.45, 7) is 5.45. The van der Waals surface area contributed by atoms with Gasteiger partial charge in [-0.2, -0.15) is 13.2 Å². The zero-order valence-corrected chi connectivity index (χ0v) is 28.3. The first-order chi connectivity index (χ1) is 22.4. The summed E-state index contributed by atoms with van der Waals surface area (Å²) in [4.78, 5) is 13.1. The topological polar surface area (TPSA) is 157 Å². The van der Waals surface area contributed by atoms with Gasteiger partial charge in [-0.15, -0.1) is 0 Å². The Morgan fingerprint density at radius 2 is 1.62 bits per heavy atom. The van der Waals surface area contributed by atoms with Crippen LogP contribution in [0.3, 0.4) is 0 Å². The SMILES string of the molecule is CO[C@@](C(=O)O[C@H](CO)CCC[C@@H](C)[C@H]1CC(O)C2[C@]1(C)CC[C@@H]1[C@@]3(C)CC[C@H](O)[C@H](O)C3C(O)C[C@@]21O)(c1ccccc1)C(F)(F)F. The molecule has 12 heteroatoms. The molecule has 14 atom stereocenters. The zero-order chi connectivity index (χ0) is 35.4. The highest BCUT2D eigenvalue weighted by atomic mass is 19.4. The first-order valence-corrected chi connectivity index (χ1v) is 17.4. The Kier molecular flexibility index (Phi) is 10.5. The van der Waals surface area contributed by atoms with Crippen molar-refractivity contribution in [2.24, 2.45) is 40.4 Å². The van der Waals surface area contributed by atoms with E-state index in [4.69, 9.17) is 9.47 Å². The van der Waals surface area contributed by atoms with Crippen molar-refractivity contribution < 1.29 is 58.1 Å². The molecule has 48 heavy (non-hydrogen) atoms. The third-order valence-corrected chi connectivity index (χ3v) is 13.3. The van der Waals surface area contributed by atoms with Crippen LogP contribution >= 0.6 is 0 Å². The Labute approximate surface area is 280 Å². The maximum atomic E-state index is 14.3. The summed E-state index contributed by atoms with van der Waals surface area (Å²) in [6, 6.07) is 6.52. The summed E-state index contributed by atoms with van der Waals surface area (Å²) in [6.07, 6.45) is -6.34. The van der Waals surface area contributed by atoms with E-state index in [2.05, 4.69) is 6.92 Å². The van der Waals surface area contributed by atoms with Crippen LogP contribution in [0.5, 0.6) is 0 Å². The van der Waals surface area contributed by atoms with Gasteiger partial charge in [-0.3, -0.25) is 0 Å². The van der Waals surface area contributed by atoms with Crippen LogP contribution in [0.25, 0.3) is 0 Å². The van der Waals surface area contributed by atoms with Crippen molar-refractivity contribution in [2.75, 3.05) is 13.7 Å². The Morgan fingerprint density at radius 1 is 0.979 bits per heavy atom. The Bertz CT molecular complexity index is 1280. The molecule has 0 radical (unpaired) electrons. The van der Waals surface area contributed by atoms with Crippen molar-refractivity contribution in [1.82, 2.24) is 0 Å². The number of benzene rings is 1. The van der Waals surface area contributed by atoms with Gasteiger partial charge < -0.3 is 40.1 Å². The monoisotopic (exact) mass is 686 g/mol. The summed E-state index contributed by atoms with van der Waals surface area (Å²) in [5.74, 6) is -3.00. The van der Waals surface area contributed by atoms with Crippen molar-refractivity contribution in [1.29, 1.82) is 0 Å². The number of esters is 1. The van der Waals surface area contributed by atoms with Crippen LogP contribution < -0.4 is 0 Å². The van der Waals surface area contributed by atoms with Gasteiger partial charge in [-0.1, -0.05) is 57.5 Å². The van der Waals surface area contributed by atoms with Crippen LogP contribution in [-0.4, -0.2) is 92.6 Å². The van der Waals surface area contributed by atoms with Crippen molar-refractivity contribution in [3.63, 3.8) is 0 Å². The van der Waals surface area contributed by atoms with Gasteiger partial charge in [0.15, 0.2) is 0 Å². The van der Waals surface area contributed by atoms with Gasteiger partial charge in [-0.05, 0) is 73.5 Å². The predicted octanol–water partition coefficient (Wildman–Crippen LogP) is 3.85. The van der Waals surface area contributed by atoms with Crippen LogP contribution in [0.2, 0.25) is 0 Å². The lowest BCUT2D eigenvalue weighted by Gasteiger charge is -2.66. The lowest BCUT2D eigenvalue weighted by molar-refractivity contribution is -0.280. The van der Waals surface area contributed by atoms with Crippen LogP contribution in [0.15, 0.2) is 30.3 Å². The van der Waals surface area contributed by atoms with Gasteiger partial charge in [0.25, 0.3) is 5.60 Å². The Balaban J connectivity index is 1.26. The molecule has 0 amide bonds. The lowest BCUT2D eigenvalue weighted by Crippen LogP contribution is -2.70. The molecule has 4 aliphatic carbocycles. The van der Waals surface area contributed by atoms with E-state index >= 15 is 0 Å². The number of methoxy groups -OCH3 is 1. The number of halogens is 3. The van der Waals surface area contributed by atoms with Crippen molar-refractivity contribution >= 4 is 5.97 Å². The second-order valence-electron chi connectivity index (χ2n) is 15.7. The van der Waals surface area contributed by atoms with Crippen molar-refractivity contribution in [2.45, 2.75) is 126 Å². The number of carbonyl (C=O) groups excluding carboxylic acids is 1. The normalized spacial score (nSPS) is 42.1. The van der Waals surface area contributed by atoms with E-state index in [1.54, 1.807) is 0 Å². The van der Waals surface area contributed by atoms with Crippen molar-refractivity contribution in [3.05, 3.63) is 35.9 Å². The minimum Gasteiger partial charge on any atom is -0.457 e. The molecule has 0 heterocycles. The summed E-state index contributed by atoms with van der Waals surface area (Å²) in [7, 11) is 0.792. The molecule has 4 saturated carbocycles. The molecule has 9 nitrogen and oxygen atoms in total. The number of carbonyl (C=O) groups is 1. The van der Waals surface area contributed by atoms with Crippen LogP contribution in [0.4, 0.5) is 13.2 Å². The molecule has 4 fully saturated rings. The van der Waals surface area contributed by atoms with E-state index in [0.29, 0.717) is 38.5 Å². The average Bonchev–Trinajstić information content (AvgIpc) is 3.29. The average molecular weight is 687 g/mol. The summed E-state index contributed by atoms with van der Waals surface area (Å²) >= 11 is 0. The number of aliphatic hydroxyl groups is 6. The first kappa shape index (κ1) is 37.5. The van der Waals surface area contributed by atoms with E-state index in [0.717, 1.165) is 25.7 Å². The van der Waals surface area contributed by atoms with Gasteiger partial charge in [0.05, 0.1) is 36.6 Å². The molecule has 1 aromatic carbocycles. The van der Waals surface area contributed by atoms with Gasteiger partial charge in [0.1, 0.15) is 6.10 Å². The lowest BCUT2D eigenvalue weighted by atomic mass is 9.41. The molecule has 272 valence electrons. The fourth-order valence-corrected chi connectivity index (χ4v) is 11.2. The van der Waals surface area contributed by atoms with Gasteiger partial charge in [0.2, 0.25) is 0 Å². The Morgan fingerprint density at radius 3 is 2.23 bits per heavy atom. The third-order valence-electron chi connectivity index (χ3n) is 13.3. The van der Waals surface area contributed by atoms with Crippen molar-refractivity contribution in [3.8, 4) is 0 Å². The summed E-state index contributed by atoms with van der Waals surface area (Å²) in [5.41, 5.74) is -6.23. The maximum absolute atomic E-state index is 14.3. The number of rotatable bonds is 10. The van der Waals surface area contributed by atoms with E-state index in [-0.39, 0.29) is 30.6 Å². The standard InChI is InChI=1S/C36H53F3O9/c1-20(9-8-12-22(19-40)48-31(45)35(47-4,36(37,38)39)21-10-6-5-7-11-21)23-17-25(42)30-32(23,2)16-14-27-33(3)15-13-24(41)29(44)28(33)26(43)18-34(27,30)46/h5-7,10-11,20,22-30,40-44,46H,8-9,12-19H2,1-4H3/t20-,22+,23-,24+,25?,26?,27-,28?,29+,30?,32-,33-,34+,35-/m1/s1. The van der Waals surface area contributed by atoms with Gasteiger partial charge in [-0.25, -0.2) is 4.79 Å². The molecule has 0 bridgehead atoms. The second kappa shape index (κ2) is 13.4. The molecular weight excluding hydrogens is 633 g/mol. The molecule has 0 spiro atoms. The molecule has 4 unspecified atom stereocenters. The number of hydrogen-bond donors (Lipinski definition) is 6.